The Morgan fingerprint density at radius 3 is 2.70 bits per heavy atom. The molecule has 1 aromatic heterocycles. The molecule has 0 atom stereocenters. The van der Waals surface area contributed by atoms with Crippen LogP contribution in [0, 0.1) is 0 Å². The van der Waals surface area contributed by atoms with E-state index in [2.05, 4.69) is 20.8 Å². The number of halogens is 2. The first-order chi connectivity index (χ1) is 9.47. The number of aryl methyl sites for hydroxylation is 1. The van der Waals surface area contributed by atoms with Crippen LogP contribution >= 0.6 is 23.2 Å². The number of ether oxygens (including phenoxy) is 1. The van der Waals surface area contributed by atoms with Gasteiger partial charge in [0, 0.05) is 24.2 Å². The van der Waals surface area contributed by atoms with Gasteiger partial charge in [-0.15, -0.1) is 0 Å². The van der Waals surface area contributed by atoms with Crippen molar-refractivity contribution >= 4 is 29.2 Å². The van der Waals surface area contributed by atoms with E-state index < -0.39 is 0 Å². The van der Waals surface area contributed by atoms with Crippen LogP contribution in [0.15, 0.2) is 12.1 Å². The first kappa shape index (κ1) is 14.9. The van der Waals surface area contributed by atoms with Gasteiger partial charge in [0.05, 0.1) is 11.1 Å². The molecule has 0 unspecified atom stereocenters. The van der Waals surface area contributed by atoms with Gasteiger partial charge < -0.3 is 10.1 Å². The Labute approximate surface area is 127 Å². The summed E-state index contributed by atoms with van der Waals surface area (Å²) in [5.74, 6) is 1.17. The molecule has 0 aliphatic heterocycles. The zero-order valence-electron chi connectivity index (χ0n) is 11.4. The van der Waals surface area contributed by atoms with Crippen molar-refractivity contribution < 1.29 is 4.74 Å². The van der Waals surface area contributed by atoms with Crippen molar-refractivity contribution in [3.63, 3.8) is 0 Å². The Hall–Kier alpha value is -1.53. The van der Waals surface area contributed by atoms with Crippen molar-refractivity contribution in [2.75, 3.05) is 5.32 Å². The van der Waals surface area contributed by atoms with E-state index in [-0.39, 0.29) is 6.10 Å². The van der Waals surface area contributed by atoms with Crippen molar-refractivity contribution in [3.05, 3.63) is 27.7 Å². The van der Waals surface area contributed by atoms with E-state index in [4.69, 9.17) is 27.9 Å². The highest BCUT2D eigenvalue weighted by Gasteiger charge is 2.13. The van der Waals surface area contributed by atoms with E-state index in [9.17, 15) is 0 Å². The quantitative estimate of drug-likeness (QED) is 0.919. The van der Waals surface area contributed by atoms with Crippen molar-refractivity contribution in [2.45, 2.75) is 26.5 Å². The number of hydrogen-bond donors (Lipinski definition) is 1. The van der Waals surface area contributed by atoms with E-state index in [1.54, 1.807) is 13.1 Å². The standard InChI is InChI=1S/C12H15Cl2N5O/c1-7(2)20-11-8(4-9(13)5-10(11)14)6-15-12-16-17-18-19(12)3/h4-5,7H,6H2,1-3H3,(H,15,16,18). The molecule has 0 aliphatic rings. The van der Waals surface area contributed by atoms with Crippen molar-refractivity contribution in [2.24, 2.45) is 7.05 Å². The summed E-state index contributed by atoms with van der Waals surface area (Å²) < 4.78 is 7.28. The average Bonchev–Trinajstić information content (AvgIpc) is 2.76. The summed E-state index contributed by atoms with van der Waals surface area (Å²) in [4.78, 5) is 0. The van der Waals surface area contributed by atoms with Crippen molar-refractivity contribution in [1.29, 1.82) is 0 Å². The lowest BCUT2D eigenvalue weighted by Crippen LogP contribution is -2.11. The Kier molecular flexibility index (Phi) is 4.67. The van der Waals surface area contributed by atoms with Crippen LogP contribution in [0.5, 0.6) is 5.75 Å². The lowest BCUT2D eigenvalue weighted by Gasteiger charge is -2.16. The van der Waals surface area contributed by atoms with Gasteiger partial charge >= 0.3 is 0 Å². The van der Waals surface area contributed by atoms with Crippen LogP contribution < -0.4 is 10.1 Å². The summed E-state index contributed by atoms with van der Waals surface area (Å²) in [6, 6.07) is 3.47. The van der Waals surface area contributed by atoms with Gasteiger partial charge in [-0.25, -0.2) is 4.68 Å². The summed E-state index contributed by atoms with van der Waals surface area (Å²) in [6.07, 6.45) is 0.0175. The van der Waals surface area contributed by atoms with Gasteiger partial charge in [-0.1, -0.05) is 28.3 Å². The Balaban J connectivity index is 2.23. The van der Waals surface area contributed by atoms with Crippen molar-refractivity contribution in [1.82, 2.24) is 20.2 Å². The fraction of sp³-hybridized carbons (Fsp3) is 0.417. The zero-order valence-corrected chi connectivity index (χ0v) is 12.9. The molecule has 0 saturated carbocycles. The second-order valence-corrected chi connectivity index (χ2v) is 5.37. The molecule has 108 valence electrons. The summed E-state index contributed by atoms with van der Waals surface area (Å²) in [7, 11) is 1.75. The van der Waals surface area contributed by atoms with Gasteiger partial charge in [0.15, 0.2) is 0 Å². The molecular formula is C12H15Cl2N5O. The third-order valence-corrected chi connectivity index (χ3v) is 2.99. The summed E-state index contributed by atoms with van der Waals surface area (Å²) in [5, 5.41) is 15.3. The topological polar surface area (TPSA) is 64.9 Å². The molecule has 1 aromatic carbocycles. The maximum absolute atomic E-state index is 6.19. The minimum Gasteiger partial charge on any atom is -0.489 e. The number of nitrogens with zero attached hydrogens (tertiary/aromatic N) is 4. The monoisotopic (exact) mass is 315 g/mol. The SMILES string of the molecule is CC(C)Oc1c(Cl)cc(Cl)cc1CNc1nnnn1C. The minimum absolute atomic E-state index is 0.0175. The van der Waals surface area contributed by atoms with Crippen LogP contribution in [-0.4, -0.2) is 26.3 Å². The predicted molar refractivity (Wildman–Crippen MR) is 78.4 cm³/mol. The Morgan fingerprint density at radius 2 is 2.10 bits per heavy atom. The van der Waals surface area contributed by atoms with E-state index in [0.717, 1.165) is 5.56 Å². The molecular weight excluding hydrogens is 301 g/mol. The lowest BCUT2D eigenvalue weighted by atomic mass is 10.2. The van der Waals surface area contributed by atoms with Crippen LogP contribution in [0.3, 0.4) is 0 Å². The molecule has 0 radical (unpaired) electrons. The highest BCUT2D eigenvalue weighted by atomic mass is 35.5. The molecule has 0 spiro atoms. The van der Waals surface area contributed by atoms with Gasteiger partial charge in [-0.3, -0.25) is 0 Å². The Bertz CT molecular complexity index is 600. The molecule has 8 heteroatoms. The third-order valence-electron chi connectivity index (χ3n) is 2.50. The fourth-order valence-electron chi connectivity index (χ4n) is 1.67. The second kappa shape index (κ2) is 6.28. The molecule has 1 heterocycles. The smallest absolute Gasteiger partial charge is 0.242 e. The number of benzene rings is 1. The third kappa shape index (κ3) is 3.52. The van der Waals surface area contributed by atoms with Crippen LogP contribution in [0.2, 0.25) is 10.0 Å². The molecule has 2 aromatic rings. The highest BCUT2D eigenvalue weighted by Crippen LogP contribution is 2.33. The van der Waals surface area contributed by atoms with Crippen LogP contribution in [0.4, 0.5) is 5.95 Å². The molecule has 2 rings (SSSR count). The highest BCUT2D eigenvalue weighted by molar-refractivity contribution is 6.35. The molecule has 0 fully saturated rings. The van der Waals surface area contributed by atoms with Crippen molar-refractivity contribution in [3.8, 4) is 5.75 Å². The van der Waals surface area contributed by atoms with E-state index in [1.165, 1.54) is 4.68 Å². The van der Waals surface area contributed by atoms with E-state index >= 15 is 0 Å². The molecule has 0 bridgehead atoms. The van der Waals surface area contributed by atoms with Gasteiger partial charge in [0.1, 0.15) is 5.75 Å². The van der Waals surface area contributed by atoms with Gasteiger partial charge in [-0.05, 0) is 36.4 Å². The number of hydrogen-bond acceptors (Lipinski definition) is 5. The molecule has 0 saturated heterocycles. The molecule has 6 nitrogen and oxygen atoms in total. The maximum atomic E-state index is 6.19. The number of anilines is 1. The number of aromatic nitrogens is 4. The second-order valence-electron chi connectivity index (χ2n) is 4.52. The van der Waals surface area contributed by atoms with E-state index in [1.807, 2.05) is 19.9 Å². The maximum Gasteiger partial charge on any atom is 0.242 e. The summed E-state index contributed by atoms with van der Waals surface area (Å²) in [6.45, 7) is 4.33. The van der Waals surface area contributed by atoms with Crippen LogP contribution in [0.1, 0.15) is 19.4 Å². The average molecular weight is 316 g/mol. The van der Waals surface area contributed by atoms with Crippen LogP contribution in [-0.2, 0) is 13.6 Å². The largest absolute Gasteiger partial charge is 0.489 e. The molecule has 0 amide bonds. The number of nitrogens with one attached hydrogen (secondary N) is 1. The molecule has 1 N–H and O–H groups in total. The van der Waals surface area contributed by atoms with Gasteiger partial charge in [0.2, 0.25) is 5.95 Å². The zero-order chi connectivity index (χ0) is 14.7. The molecule has 20 heavy (non-hydrogen) atoms. The normalized spacial score (nSPS) is 10.9. The van der Waals surface area contributed by atoms with Gasteiger partial charge in [0.25, 0.3) is 0 Å². The predicted octanol–water partition coefficient (Wildman–Crippen LogP) is 2.92. The minimum atomic E-state index is 0.0175. The summed E-state index contributed by atoms with van der Waals surface area (Å²) >= 11 is 12.2. The van der Waals surface area contributed by atoms with Gasteiger partial charge in [-0.2, -0.15) is 0 Å². The first-order valence-corrected chi connectivity index (χ1v) is 6.83. The number of rotatable bonds is 5. The Morgan fingerprint density at radius 1 is 1.35 bits per heavy atom. The summed E-state index contributed by atoms with van der Waals surface area (Å²) in [5.41, 5.74) is 0.846. The number of tetrazole rings is 1. The van der Waals surface area contributed by atoms with Crippen LogP contribution in [0.25, 0.3) is 0 Å². The van der Waals surface area contributed by atoms with E-state index in [0.29, 0.717) is 28.3 Å². The molecule has 0 aliphatic carbocycles. The first-order valence-electron chi connectivity index (χ1n) is 6.08. The lowest BCUT2D eigenvalue weighted by molar-refractivity contribution is 0.240. The fourth-order valence-corrected chi connectivity index (χ4v) is 2.25.